The highest BCUT2D eigenvalue weighted by atomic mass is 32.2. The van der Waals surface area contributed by atoms with Crippen molar-refractivity contribution in [2.45, 2.75) is 31.2 Å². The van der Waals surface area contributed by atoms with Crippen LogP contribution in [0.4, 0.5) is 0 Å². The second kappa shape index (κ2) is 8.23. The minimum absolute atomic E-state index is 0.000641. The third-order valence-electron chi connectivity index (χ3n) is 5.38. The number of nitrogens with zero attached hydrogens (tertiary/aromatic N) is 5. The van der Waals surface area contributed by atoms with Crippen molar-refractivity contribution >= 4 is 26.9 Å². The summed E-state index contributed by atoms with van der Waals surface area (Å²) in [6, 6.07) is 7.30. The lowest BCUT2D eigenvalue weighted by atomic mass is 10.1. The number of carboxylic acid groups (broad SMARTS) is 1. The van der Waals surface area contributed by atoms with Gasteiger partial charge in [-0.3, -0.25) is 9.48 Å². The number of hydrogen-bond donors (Lipinski definition) is 1. The Morgan fingerprint density at radius 2 is 1.94 bits per heavy atom. The van der Waals surface area contributed by atoms with Crippen molar-refractivity contribution in [3.63, 3.8) is 0 Å². The molecular weight excluding hydrogens is 422 g/mol. The van der Waals surface area contributed by atoms with Crippen LogP contribution in [-0.4, -0.2) is 63.2 Å². The van der Waals surface area contributed by atoms with E-state index >= 15 is 0 Å². The molecule has 1 aliphatic rings. The smallest absolute Gasteiger partial charge is 0.316 e. The summed E-state index contributed by atoms with van der Waals surface area (Å²) in [5.41, 5.74) is 1.26. The fourth-order valence-electron chi connectivity index (χ4n) is 3.89. The van der Waals surface area contributed by atoms with Crippen molar-refractivity contribution in [2.24, 2.45) is 5.92 Å². The molecule has 1 fully saturated rings. The van der Waals surface area contributed by atoms with Crippen molar-refractivity contribution in [3.05, 3.63) is 42.4 Å². The zero-order valence-corrected chi connectivity index (χ0v) is 18.0. The van der Waals surface area contributed by atoms with Gasteiger partial charge in [0.15, 0.2) is 0 Å². The summed E-state index contributed by atoms with van der Waals surface area (Å²) in [6.07, 6.45) is 2.30. The molecule has 2 aromatic heterocycles. The fraction of sp³-hybridized carbons (Fsp3) is 0.400. The van der Waals surface area contributed by atoms with Gasteiger partial charge in [0, 0.05) is 18.5 Å². The normalized spacial score (nSPS) is 19.7. The quantitative estimate of drug-likeness (QED) is 0.582. The number of benzene rings is 1. The number of carboxylic acids is 1. The maximum absolute atomic E-state index is 13.1. The van der Waals surface area contributed by atoms with Crippen LogP contribution in [-0.2, 0) is 21.2 Å². The van der Waals surface area contributed by atoms with E-state index in [1.165, 1.54) is 16.7 Å². The first kappa shape index (κ1) is 21.2. The molecule has 3 aromatic rings. The predicted molar refractivity (Wildman–Crippen MR) is 111 cm³/mol. The first-order chi connectivity index (χ1) is 14.8. The molecule has 0 radical (unpaired) electrons. The molecule has 11 heteroatoms. The minimum atomic E-state index is -3.79. The molecular formula is C20H23N5O5S. The van der Waals surface area contributed by atoms with E-state index in [0.29, 0.717) is 18.8 Å². The van der Waals surface area contributed by atoms with Gasteiger partial charge in [0.1, 0.15) is 4.90 Å². The SMILES string of the molecule is CCOc1ncc(S(=O)(=O)N2C[C@@H](C)[C@@H](n3nc(CC(=O)O)c4ccccc43)C2)cn1. The first-order valence-electron chi connectivity index (χ1n) is 9.94. The molecule has 3 heterocycles. The standard InChI is InChI=1S/C20H23N5O5S/c1-3-30-20-21-9-14(10-22-20)31(28,29)24-11-13(2)18(12-24)25-17-7-5-4-6-15(17)16(23-25)8-19(26)27/h4-7,9-10,13,18H,3,8,11-12H2,1-2H3,(H,26,27)/t13-,18+/m1/s1. The van der Waals surface area contributed by atoms with Gasteiger partial charge < -0.3 is 9.84 Å². The van der Waals surface area contributed by atoms with E-state index < -0.39 is 16.0 Å². The van der Waals surface area contributed by atoms with E-state index in [9.17, 15) is 18.3 Å². The summed E-state index contributed by atoms with van der Waals surface area (Å²) in [6.45, 7) is 4.67. The lowest BCUT2D eigenvalue weighted by Crippen LogP contribution is -2.29. The molecule has 0 spiro atoms. The number of fused-ring (bicyclic) bond motifs is 1. The van der Waals surface area contributed by atoms with Crippen LogP contribution in [0.1, 0.15) is 25.6 Å². The van der Waals surface area contributed by atoms with Gasteiger partial charge in [0.2, 0.25) is 10.0 Å². The molecule has 1 aromatic carbocycles. The van der Waals surface area contributed by atoms with Gasteiger partial charge in [0.05, 0.1) is 42.7 Å². The van der Waals surface area contributed by atoms with E-state index in [2.05, 4.69) is 15.1 Å². The number of aliphatic carboxylic acids is 1. The summed E-state index contributed by atoms with van der Waals surface area (Å²) in [4.78, 5) is 19.2. The van der Waals surface area contributed by atoms with E-state index in [4.69, 9.17) is 4.74 Å². The number of para-hydroxylation sites is 1. The number of aromatic nitrogens is 4. The largest absolute Gasteiger partial charge is 0.481 e. The van der Waals surface area contributed by atoms with E-state index in [1.807, 2.05) is 31.2 Å². The topological polar surface area (TPSA) is 128 Å². The molecule has 31 heavy (non-hydrogen) atoms. The number of carbonyl (C=O) groups is 1. The molecule has 10 nitrogen and oxygen atoms in total. The van der Waals surface area contributed by atoms with Crippen LogP contribution in [0.3, 0.4) is 0 Å². The molecule has 0 saturated carbocycles. The lowest BCUT2D eigenvalue weighted by molar-refractivity contribution is -0.136. The molecule has 4 rings (SSSR count). The number of hydrogen-bond acceptors (Lipinski definition) is 7. The molecule has 1 aliphatic heterocycles. The minimum Gasteiger partial charge on any atom is -0.481 e. The molecule has 2 atom stereocenters. The van der Waals surface area contributed by atoms with Crippen molar-refractivity contribution in [2.75, 3.05) is 19.7 Å². The number of ether oxygens (including phenoxy) is 1. The zero-order chi connectivity index (χ0) is 22.2. The summed E-state index contributed by atoms with van der Waals surface area (Å²) in [5, 5.41) is 14.5. The highest BCUT2D eigenvalue weighted by molar-refractivity contribution is 7.89. The number of rotatable bonds is 7. The Kier molecular flexibility index (Phi) is 5.63. The van der Waals surface area contributed by atoms with Crippen molar-refractivity contribution in [1.29, 1.82) is 0 Å². The Morgan fingerprint density at radius 3 is 2.61 bits per heavy atom. The van der Waals surface area contributed by atoms with Gasteiger partial charge in [-0.2, -0.15) is 9.40 Å². The van der Waals surface area contributed by atoms with Gasteiger partial charge in [-0.15, -0.1) is 0 Å². The van der Waals surface area contributed by atoms with Crippen LogP contribution in [0.5, 0.6) is 6.01 Å². The highest BCUT2D eigenvalue weighted by Gasteiger charge is 2.39. The molecule has 164 valence electrons. The monoisotopic (exact) mass is 445 g/mol. The van der Waals surface area contributed by atoms with Crippen LogP contribution in [0.15, 0.2) is 41.6 Å². The highest BCUT2D eigenvalue weighted by Crippen LogP contribution is 2.34. The molecule has 1 N–H and O–H groups in total. The van der Waals surface area contributed by atoms with Crippen molar-refractivity contribution in [3.8, 4) is 6.01 Å². The second-order valence-corrected chi connectivity index (χ2v) is 9.42. The van der Waals surface area contributed by atoms with Gasteiger partial charge in [-0.25, -0.2) is 18.4 Å². The van der Waals surface area contributed by atoms with Crippen LogP contribution in [0, 0.1) is 5.92 Å². The predicted octanol–water partition coefficient (Wildman–Crippen LogP) is 1.73. The van der Waals surface area contributed by atoms with Crippen LogP contribution < -0.4 is 4.74 Å². The van der Waals surface area contributed by atoms with E-state index in [1.54, 1.807) is 11.6 Å². The first-order valence-corrected chi connectivity index (χ1v) is 11.4. The molecule has 0 bridgehead atoms. The van der Waals surface area contributed by atoms with Crippen molar-refractivity contribution < 1.29 is 23.1 Å². The summed E-state index contributed by atoms with van der Waals surface area (Å²) < 4.78 is 34.6. The van der Waals surface area contributed by atoms with Gasteiger partial charge in [-0.1, -0.05) is 25.1 Å². The lowest BCUT2D eigenvalue weighted by Gasteiger charge is -2.17. The van der Waals surface area contributed by atoms with Gasteiger partial charge >= 0.3 is 12.0 Å². The van der Waals surface area contributed by atoms with Crippen LogP contribution in [0.25, 0.3) is 10.9 Å². The Hall–Kier alpha value is -3.05. The summed E-state index contributed by atoms with van der Waals surface area (Å²) >= 11 is 0. The van der Waals surface area contributed by atoms with Crippen LogP contribution in [0.2, 0.25) is 0 Å². The average molecular weight is 446 g/mol. The van der Waals surface area contributed by atoms with Gasteiger partial charge in [0.25, 0.3) is 0 Å². The van der Waals surface area contributed by atoms with Gasteiger partial charge in [-0.05, 0) is 18.9 Å². The maximum atomic E-state index is 13.1. The van der Waals surface area contributed by atoms with E-state index in [0.717, 1.165) is 10.9 Å². The Balaban J connectivity index is 1.64. The molecule has 0 unspecified atom stereocenters. The Morgan fingerprint density at radius 1 is 1.23 bits per heavy atom. The Bertz CT molecular complexity index is 1210. The van der Waals surface area contributed by atoms with E-state index in [-0.39, 0.29) is 35.8 Å². The molecule has 0 amide bonds. The van der Waals surface area contributed by atoms with Crippen molar-refractivity contribution in [1.82, 2.24) is 24.1 Å². The zero-order valence-electron chi connectivity index (χ0n) is 17.2. The fourth-order valence-corrected chi connectivity index (χ4v) is 5.34. The maximum Gasteiger partial charge on any atom is 0.316 e. The third kappa shape index (κ3) is 3.98. The second-order valence-electron chi connectivity index (χ2n) is 7.48. The number of sulfonamides is 1. The third-order valence-corrected chi connectivity index (χ3v) is 7.16. The Labute approximate surface area is 179 Å². The molecule has 1 saturated heterocycles. The van der Waals surface area contributed by atoms with Crippen LogP contribution >= 0.6 is 0 Å². The molecule has 0 aliphatic carbocycles. The average Bonchev–Trinajstić information content (AvgIpc) is 3.29. The summed E-state index contributed by atoms with van der Waals surface area (Å²) in [7, 11) is -3.79. The summed E-state index contributed by atoms with van der Waals surface area (Å²) in [5.74, 6) is -0.992.